The number of carbonyl (C=O) groups is 2. The van der Waals surface area contributed by atoms with Crippen LogP contribution in [-0.2, 0) is 20.9 Å². The fraction of sp³-hybridized carbons (Fsp3) is 0.158. The molecular formula is C19H19NO4. The summed E-state index contributed by atoms with van der Waals surface area (Å²) in [4.78, 5) is 22.7. The van der Waals surface area contributed by atoms with E-state index >= 15 is 0 Å². The van der Waals surface area contributed by atoms with E-state index in [1.165, 1.54) is 20.1 Å². The van der Waals surface area contributed by atoms with Crippen LogP contribution >= 0.6 is 0 Å². The zero-order valence-corrected chi connectivity index (χ0v) is 13.6. The molecule has 0 radical (unpaired) electrons. The Morgan fingerprint density at radius 3 is 2.29 bits per heavy atom. The molecule has 2 aromatic carbocycles. The average Bonchev–Trinajstić information content (AvgIpc) is 2.60. The number of amides is 1. The number of ether oxygens (including phenoxy) is 2. The first-order valence-corrected chi connectivity index (χ1v) is 7.43. The minimum atomic E-state index is -0.539. The molecule has 0 aliphatic carbocycles. The molecule has 5 nitrogen and oxygen atoms in total. The Morgan fingerprint density at radius 1 is 1.04 bits per heavy atom. The van der Waals surface area contributed by atoms with E-state index in [1.54, 1.807) is 24.3 Å². The van der Waals surface area contributed by atoms with Crippen LogP contribution in [0.1, 0.15) is 18.1 Å². The number of carbonyl (C=O) groups excluding carboxylic acids is 2. The highest BCUT2D eigenvalue weighted by atomic mass is 16.5. The SMILES string of the molecule is COC(=O)/C=C(/NC(C)=O)c1ccc(OCc2ccccc2)cc1. The summed E-state index contributed by atoms with van der Waals surface area (Å²) >= 11 is 0. The Bertz CT molecular complexity index is 721. The van der Waals surface area contributed by atoms with Gasteiger partial charge in [0.05, 0.1) is 12.8 Å². The summed E-state index contributed by atoms with van der Waals surface area (Å²) in [5, 5.41) is 2.62. The van der Waals surface area contributed by atoms with Crippen molar-refractivity contribution in [3.63, 3.8) is 0 Å². The molecule has 0 aliphatic rings. The largest absolute Gasteiger partial charge is 0.489 e. The molecule has 0 unspecified atom stereocenters. The lowest BCUT2D eigenvalue weighted by molar-refractivity contribution is -0.134. The minimum absolute atomic E-state index is 0.269. The van der Waals surface area contributed by atoms with Gasteiger partial charge >= 0.3 is 5.97 Å². The summed E-state index contributed by atoms with van der Waals surface area (Å²) in [7, 11) is 1.28. The Kier molecular flexibility index (Phi) is 6.14. The lowest BCUT2D eigenvalue weighted by atomic mass is 10.1. The van der Waals surface area contributed by atoms with Crippen LogP contribution in [0.3, 0.4) is 0 Å². The maximum Gasteiger partial charge on any atom is 0.332 e. The van der Waals surface area contributed by atoms with Gasteiger partial charge in [0.25, 0.3) is 0 Å². The zero-order valence-electron chi connectivity index (χ0n) is 13.6. The second-order valence-corrected chi connectivity index (χ2v) is 5.06. The van der Waals surface area contributed by atoms with Crippen molar-refractivity contribution in [3.05, 3.63) is 71.8 Å². The Hall–Kier alpha value is -3.08. The summed E-state index contributed by atoms with van der Waals surface area (Å²) in [6.07, 6.45) is 1.24. The predicted octanol–water partition coefficient (Wildman–Crippen LogP) is 2.92. The van der Waals surface area contributed by atoms with Gasteiger partial charge in [-0.1, -0.05) is 30.3 Å². The van der Waals surface area contributed by atoms with Crippen LogP contribution in [-0.4, -0.2) is 19.0 Å². The molecule has 0 saturated carbocycles. The third kappa shape index (κ3) is 5.28. The lowest BCUT2D eigenvalue weighted by Crippen LogP contribution is -2.19. The molecule has 0 aliphatic heterocycles. The van der Waals surface area contributed by atoms with Crippen molar-refractivity contribution in [3.8, 4) is 5.75 Å². The van der Waals surface area contributed by atoms with Crippen LogP contribution in [0.5, 0.6) is 5.75 Å². The normalized spacial score (nSPS) is 10.8. The van der Waals surface area contributed by atoms with Crippen molar-refractivity contribution in [2.45, 2.75) is 13.5 Å². The van der Waals surface area contributed by atoms with Crippen LogP contribution in [0.25, 0.3) is 5.70 Å². The summed E-state index contributed by atoms with van der Waals surface area (Å²) < 4.78 is 10.3. The third-order valence-electron chi connectivity index (χ3n) is 3.19. The van der Waals surface area contributed by atoms with E-state index in [2.05, 4.69) is 10.1 Å². The smallest absolute Gasteiger partial charge is 0.332 e. The fourth-order valence-corrected chi connectivity index (χ4v) is 2.03. The number of hydrogen-bond donors (Lipinski definition) is 1. The lowest BCUT2D eigenvalue weighted by Gasteiger charge is -2.10. The predicted molar refractivity (Wildman–Crippen MR) is 91.0 cm³/mol. The summed E-state index contributed by atoms with van der Waals surface area (Å²) in [6, 6.07) is 16.9. The van der Waals surface area contributed by atoms with Crippen LogP contribution in [0.2, 0.25) is 0 Å². The molecule has 1 N–H and O–H groups in total. The molecule has 24 heavy (non-hydrogen) atoms. The van der Waals surface area contributed by atoms with Crippen molar-refractivity contribution < 1.29 is 19.1 Å². The minimum Gasteiger partial charge on any atom is -0.489 e. The molecule has 0 saturated heterocycles. The highest BCUT2D eigenvalue weighted by Gasteiger charge is 2.07. The van der Waals surface area contributed by atoms with Crippen molar-refractivity contribution >= 4 is 17.6 Å². The molecule has 0 spiro atoms. The Balaban J connectivity index is 2.09. The molecule has 0 atom stereocenters. The van der Waals surface area contributed by atoms with Crippen LogP contribution in [0, 0.1) is 0 Å². The third-order valence-corrected chi connectivity index (χ3v) is 3.19. The Morgan fingerprint density at radius 2 is 1.71 bits per heavy atom. The molecule has 1 amide bonds. The van der Waals surface area contributed by atoms with Gasteiger partial charge in [-0.2, -0.15) is 0 Å². The van der Waals surface area contributed by atoms with Gasteiger partial charge in [0.2, 0.25) is 5.91 Å². The molecule has 0 heterocycles. The van der Waals surface area contributed by atoms with Crippen molar-refractivity contribution in [1.29, 1.82) is 0 Å². The maximum atomic E-state index is 11.4. The molecule has 0 aromatic heterocycles. The summed E-state index contributed by atoms with van der Waals surface area (Å²) in [5.74, 6) is -0.111. The van der Waals surface area contributed by atoms with E-state index in [4.69, 9.17) is 4.74 Å². The van der Waals surface area contributed by atoms with E-state index in [0.29, 0.717) is 23.6 Å². The van der Waals surface area contributed by atoms with Gasteiger partial charge in [-0.3, -0.25) is 4.79 Å². The zero-order chi connectivity index (χ0) is 17.4. The van der Waals surface area contributed by atoms with Gasteiger partial charge in [0.15, 0.2) is 0 Å². The second kappa shape index (κ2) is 8.53. The first-order valence-electron chi connectivity index (χ1n) is 7.43. The molecule has 0 bridgehead atoms. The average molecular weight is 325 g/mol. The molecule has 0 fully saturated rings. The number of hydrogen-bond acceptors (Lipinski definition) is 4. The highest BCUT2D eigenvalue weighted by Crippen LogP contribution is 2.18. The number of methoxy groups -OCH3 is 1. The van der Waals surface area contributed by atoms with Crippen LogP contribution in [0.15, 0.2) is 60.7 Å². The summed E-state index contributed by atoms with van der Waals surface area (Å²) in [6.45, 7) is 1.85. The quantitative estimate of drug-likeness (QED) is 0.655. The molecule has 2 aromatic rings. The van der Waals surface area contributed by atoms with Crippen molar-refractivity contribution in [1.82, 2.24) is 5.32 Å². The van der Waals surface area contributed by atoms with Gasteiger partial charge in [-0.15, -0.1) is 0 Å². The van der Waals surface area contributed by atoms with Crippen molar-refractivity contribution in [2.24, 2.45) is 0 Å². The fourth-order valence-electron chi connectivity index (χ4n) is 2.03. The number of benzene rings is 2. The van der Waals surface area contributed by atoms with Gasteiger partial charge in [-0.25, -0.2) is 4.79 Å². The van der Waals surface area contributed by atoms with Crippen LogP contribution < -0.4 is 10.1 Å². The van der Waals surface area contributed by atoms with E-state index in [0.717, 1.165) is 5.56 Å². The van der Waals surface area contributed by atoms with Gasteiger partial charge in [0.1, 0.15) is 12.4 Å². The molecule has 5 heteroatoms. The molecular weight excluding hydrogens is 306 g/mol. The second-order valence-electron chi connectivity index (χ2n) is 5.06. The maximum absolute atomic E-state index is 11.4. The first kappa shape index (κ1) is 17.3. The first-order chi connectivity index (χ1) is 11.6. The van der Waals surface area contributed by atoms with E-state index in [-0.39, 0.29) is 5.91 Å². The van der Waals surface area contributed by atoms with Gasteiger partial charge in [0, 0.05) is 13.0 Å². The highest BCUT2D eigenvalue weighted by molar-refractivity contribution is 5.95. The standard InChI is InChI=1S/C19H19NO4/c1-14(21)20-18(12-19(22)23-2)16-8-10-17(11-9-16)24-13-15-6-4-3-5-7-15/h3-12H,13H2,1-2H3,(H,20,21)/b18-12+. The molecule has 124 valence electrons. The molecule has 2 rings (SSSR count). The summed E-state index contributed by atoms with van der Waals surface area (Å²) in [5.41, 5.74) is 2.14. The van der Waals surface area contributed by atoms with E-state index < -0.39 is 5.97 Å². The van der Waals surface area contributed by atoms with E-state index in [9.17, 15) is 9.59 Å². The monoisotopic (exact) mass is 325 g/mol. The number of esters is 1. The number of nitrogens with one attached hydrogen (secondary N) is 1. The van der Waals surface area contributed by atoms with Gasteiger partial charge in [-0.05, 0) is 35.4 Å². The van der Waals surface area contributed by atoms with Crippen LogP contribution in [0.4, 0.5) is 0 Å². The number of rotatable bonds is 6. The van der Waals surface area contributed by atoms with Crippen molar-refractivity contribution in [2.75, 3.05) is 7.11 Å². The topological polar surface area (TPSA) is 64.6 Å². The van der Waals surface area contributed by atoms with E-state index in [1.807, 2.05) is 30.3 Å². The Labute approximate surface area is 140 Å². The van der Waals surface area contributed by atoms with Gasteiger partial charge < -0.3 is 14.8 Å².